The third-order valence-corrected chi connectivity index (χ3v) is 3.72. The molecule has 0 aromatic heterocycles. The molecule has 8 heteroatoms. The molecule has 0 spiro atoms. The lowest BCUT2D eigenvalue weighted by Gasteiger charge is -2.08. The predicted octanol–water partition coefficient (Wildman–Crippen LogP) is 4.40. The molecule has 0 aliphatic heterocycles. The number of para-hydroxylation sites is 2. The van der Waals surface area contributed by atoms with E-state index in [-0.39, 0.29) is 11.5 Å². The van der Waals surface area contributed by atoms with Crippen LogP contribution in [0.15, 0.2) is 48.5 Å². The molecule has 0 aliphatic rings. The number of nitrogens with one attached hydrogen (secondary N) is 2. The molecule has 6 nitrogen and oxygen atoms in total. The number of amides is 2. The Morgan fingerprint density at radius 1 is 0.679 bits per heavy atom. The topological polar surface area (TPSA) is 76.7 Å². The molecule has 2 aromatic rings. The predicted molar refractivity (Wildman–Crippen MR) is 99.3 cm³/mol. The molecule has 0 fully saturated rings. The molecule has 2 amide bonds. The monoisotopic (exact) mass is 392 g/mol. The van der Waals surface area contributed by atoms with Crippen LogP contribution < -0.4 is 20.1 Å². The summed E-state index contributed by atoms with van der Waals surface area (Å²) in [7, 11) is 0. The number of halogens is 2. The Morgan fingerprint density at radius 3 is 1.46 bits per heavy atom. The van der Waals surface area contributed by atoms with Crippen LogP contribution in [-0.2, 0) is 0 Å². The molecule has 28 heavy (non-hydrogen) atoms. The van der Waals surface area contributed by atoms with Gasteiger partial charge in [-0.1, -0.05) is 37.1 Å². The Hall–Kier alpha value is -3.16. The minimum absolute atomic E-state index is 0.117. The van der Waals surface area contributed by atoms with E-state index in [0.29, 0.717) is 25.9 Å². The minimum Gasteiger partial charge on any atom is -0.407 e. The summed E-state index contributed by atoms with van der Waals surface area (Å²) < 4.78 is 36.4. The summed E-state index contributed by atoms with van der Waals surface area (Å²) in [5.74, 6) is -1.43. The highest BCUT2D eigenvalue weighted by Gasteiger charge is 2.08. The van der Waals surface area contributed by atoms with Crippen molar-refractivity contribution in [1.82, 2.24) is 10.6 Å². The number of unbranched alkanes of at least 4 members (excludes halogenated alkanes) is 3. The summed E-state index contributed by atoms with van der Waals surface area (Å²) in [6.07, 6.45) is 1.66. The van der Waals surface area contributed by atoms with Gasteiger partial charge in [0.25, 0.3) is 0 Å². The molecule has 0 unspecified atom stereocenters. The first-order valence-electron chi connectivity index (χ1n) is 8.96. The highest BCUT2D eigenvalue weighted by atomic mass is 19.1. The number of ether oxygens (including phenoxy) is 2. The molecule has 0 radical (unpaired) electrons. The van der Waals surface area contributed by atoms with E-state index >= 15 is 0 Å². The number of hydrogen-bond donors (Lipinski definition) is 2. The van der Waals surface area contributed by atoms with Gasteiger partial charge in [-0.2, -0.15) is 0 Å². The molecule has 0 aliphatic carbocycles. The highest BCUT2D eigenvalue weighted by Crippen LogP contribution is 2.16. The van der Waals surface area contributed by atoms with Gasteiger partial charge in [-0.05, 0) is 37.1 Å². The molecule has 0 bridgehead atoms. The zero-order chi connectivity index (χ0) is 20.2. The molecule has 0 saturated carbocycles. The average Bonchev–Trinajstić information content (AvgIpc) is 2.67. The van der Waals surface area contributed by atoms with Crippen LogP contribution in [0.4, 0.5) is 18.4 Å². The van der Waals surface area contributed by atoms with Gasteiger partial charge in [-0.3, -0.25) is 0 Å². The first-order valence-corrected chi connectivity index (χ1v) is 8.96. The van der Waals surface area contributed by atoms with Crippen LogP contribution in [0.2, 0.25) is 0 Å². The third-order valence-electron chi connectivity index (χ3n) is 3.72. The van der Waals surface area contributed by atoms with E-state index in [1.54, 1.807) is 12.1 Å². The quantitative estimate of drug-likeness (QED) is 0.620. The van der Waals surface area contributed by atoms with Crippen molar-refractivity contribution in [2.45, 2.75) is 25.7 Å². The fourth-order valence-electron chi connectivity index (χ4n) is 2.31. The molecular formula is C20H22F2N2O4. The SMILES string of the molecule is O=C(NCCCCCCNC(=O)Oc1ccccc1F)Oc1ccccc1F. The summed E-state index contributed by atoms with van der Waals surface area (Å²) >= 11 is 0. The van der Waals surface area contributed by atoms with Crippen LogP contribution in [-0.4, -0.2) is 25.3 Å². The second-order valence-electron chi connectivity index (χ2n) is 5.91. The maximum absolute atomic E-state index is 13.3. The Kier molecular flexibility index (Phi) is 8.71. The standard InChI is InChI=1S/C20H22F2N2O4/c21-15-9-3-5-11-17(15)27-19(25)23-13-7-1-2-8-14-24-20(26)28-18-12-6-4-10-16(18)22/h3-6,9-12H,1-2,7-8,13-14H2,(H,23,25)(H,24,26). The summed E-state index contributed by atoms with van der Waals surface area (Å²) in [5.41, 5.74) is 0. The van der Waals surface area contributed by atoms with Gasteiger partial charge in [0.15, 0.2) is 23.1 Å². The normalized spacial score (nSPS) is 10.2. The first-order chi connectivity index (χ1) is 13.6. The van der Waals surface area contributed by atoms with Crippen LogP contribution in [0, 0.1) is 11.6 Å². The minimum atomic E-state index is -0.706. The van der Waals surface area contributed by atoms with E-state index in [2.05, 4.69) is 10.6 Å². The lowest BCUT2D eigenvalue weighted by Crippen LogP contribution is -2.28. The molecule has 0 atom stereocenters. The van der Waals surface area contributed by atoms with Gasteiger partial charge >= 0.3 is 12.2 Å². The van der Waals surface area contributed by atoms with Crippen LogP contribution in [0.25, 0.3) is 0 Å². The molecule has 0 saturated heterocycles. The molecule has 2 aromatic carbocycles. The number of rotatable bonds is 9. The Morgan fingerprint density at radius 2 is 1.07 bits per heavy atom. The van der Waals surface area contributed by atoms with E-state index in [9.17, 15) is 18.4 Å². The van der Waals surface area contributed by atoms with Gasteiger partial charge in [0.05, 0.1) is 0 Å². The number of carbonyl (C=O) groups is 2. The van der Waals surface area contributed by atoms with Crippen molar-refractivity contribution in [2.75, 3.05) is 13.1 Å². The van der Waals surface area contributed by atoms with Crippen molar-refractivity contribution in [3.63, 3.8) is 0 Å². The zero-order valence-electron chi connectivity index (χ0n) is 15.3. The summed E-state index contributed by atoms with van der Waals surface area (Å²) in [5, 5.41) is 5.09. The highest BCUT2D eigenvalue weighted by molar-refractivity contribution is 5.70. The zero-order valence-corrected chi connectivity index (χ0v) is 15.3. The molecule has 2 rings (SSSR count). The summed E-state index contributed by atoms with van der Waals surface area (Å²) in [6.45, 7) is 0.798. The second kappa shape index (κ2) is 11.5. The molecule has 150 valence electrons. The van der Waals surface area contributed by atoms with E-state index in [1.165, 1.54) is 36.4 Å². The lowest BCUT2D eigenvalue weighted by atomic mass is 10.2. The maximum atomic E-state index is 13.3. The van der Waals surface area contributed by atoms with E-state index < -0.39 is 23.8 Å². The smallest absolute Gasteiger partial charge is 0.407 e. The van der Waals surface area contributed by atoms with Crippen molar-refractivity contribution < 1.29 is 27.8 Å². The summed E-state index contributed by atoms with van der Waals surface area (Å²) in [4.78, 5) is 23.1. The van der Waals surface area contributed by atoms with Gasteiger partial charge < -0.3 is 20.1 Å². The average molecular weight is 392 g/mol. The maximum Gasteiger partial charge on any atom is 0.412 e. The van der Waals surface area contributed by atoms with Crippen LogP contribution >= 0.6 is 0 Å². The van der Waals surface area contributed by atoms with E-state index in [4.69, 9.17) is 9.47 Å². The van der Waals surface area contributed by atoms with Gasteiger partial charge in [0.2, 0.25) is 0 Å². The van der Waals surface area contributed by atoms with Gasteiger partial charge in [-0.25, -0.2) is 18.4 Å². The fraction of sp³-hybridized carbons (Fsp3) is 0.300. The summed E-state index contributed by atoms with van der Waals surface area (Å²) in [6, 6.07) is 11.3. The van der Waals surface area contributed by atoms with Crippen molar-refractivity contribution in [3.05, 3.63) is 60.2 Å². The van der Waals surface area contributed by atoms with Crippen LogP contribution in [0.5, 0.6) is 11.5 Å². The van der Waals surface area contributed by atoms with Crippen molar-refractivity contribution in [3.8, 4) is 11.5 Å². The van der Waals surface area contributed by atoms with Crippen molar-refractivity contribution in [1.29, 1.82) is 0 Å². The largest absolute Gasteiger partial charge is 0.412 e. The number of hydrogen-bond acceptors (Lipinski definition) is 4. The first kappa shape index (κ1) is 21.1. The third kappa shape index (κ3) is 7.61. The van der Waals surface area contributed by atoms with Crippen LogP contribution in [0.1, 0.15) is 25.7 Å². The number of benzene rings is 2. The van der Waals surface area contributed by atoms with Crippen LogP contribution in [0.3, 0.4) is 0 Å². The molecule has 2 N–H and O–H groups in total. The molecule has 0 heterocycles. The molecular weight excluding hydrogens is 370 g/mol. The van der Waals surface area contributed by atoms with Crippen molar-refractivity contribution in [2.24, 2.45) is 0 Å². The van der Waals surface area contributed by atoms with E-state index in [0.717, 1.165) is 12.8 Å². The lowest BCUT2D eigenvalue weighted by molar-refractivity contribution is 0.196. The fourth-order valence-corrected chi connectivity index (χ4v) is 2.31. The Labute approximate surface area is 161 Å². The second-order valence-corrected chi connectivity index (χ2v) is 5.91. The van der Waals surface area contributed by atoms with Crippen molar-refractivity contribution >= 4 is 12.2 Å². The van der Waals surface area contributed by atoms with Gasteiger partial charge in [0.1, 0.15) is 0 Å². The van der Waals surface area contributed by atoms with Gasteiger partial charge in [0, 0.05) is 13.1 Å². The van der Waals surface area contributed by atoms with Gasteiger partial charge in [-0.15, -0.1) is 0 Å². The number of carbonyl (C=O) groups excluding carboxylic acids is 2. The Bertz CT molecular complexity index is 721. The van der Waals surface area contributed by atoms with E-state index in [1.807, 2.05) is 0 Å². The Balaban J connectivity index is 1.48.